The molecule has 0 aliphatic rings. The fourth-order valence-corrected chi connectivity index (χ4v) is 2.48. The first-order valence-corrected chi connectivity index (χ1v) is 9.05. The first kappa shape index (κ1) is 21.9. The Hall–Kier alpha value is -3.35. The number of carbonyl (C=O) groups excluding carboxylic acids is 2. The number of rotatable bonds is 10. The van der Waals surface area contributed by atoms with Crippen molar-refractivity contribution in [2.24, 2.45) is 0 Å². The van der Waals surface area contributed by atoms with Gasteiger partial charge in [0, 0.05) is 6.54 Å². The van der Waals surface area contributed by atoms with Crippen LogP contribution in [0.25, 0.3) is 0 Å². The number of hydrogen-bond donors (Lipinski definition) is 1. The van der Waals surface area contributed by atoms with Gasteiger partial charge in [0.2, 0.25) is 0 Å². The highest BCUT2D eigenvalue weighted by Gasteiger charge is 2.18. The molecule has 0 spiro atoms. The Morgan fingerprint density at radius 1 is 1.14 bits per heavy atom. The summed E-state index contributed by atoms with van der Waals surface area (Å²) in [5.41, 5.74) is 1.73. The maximum atomic E-state index is 12.9. The van der Waals surface area contributed by atoms with Gasteiger partial charge in [-0.25, -0.2) is 9.18 Å². The zero-order valence-corrected chi connectivity index (χ0v) is 16.4. The number of benzene rings is 2. The Balaban J connectivity index is 1.81. The summed E-state index contributed by atoms with van der Waals surface area (Å²) in [5, 5.41) is 2.63. The molecule has 0 unspecified atom stereocenters. The summed E-state index contributed by atoms with van der Waals surface area (Å²) in [7, 11) is 1.51. The number of allylic oxidation sites excluding steroid dienone is 1. The summed E-state index contributed by atoms with van der Waals surface area (Å²) in [5.74, 6) is -0.622. The van der Waals surface area contributed by atoms with Gasteiger partial charge in [-0.05, 0) is 48.7 Å². The Morgan fingerprint density at radius 3 is 2.48 bits per heavy atom. The molecule has 7 heteroatoms. The highest BCUT2D eigenvalue weighted by Crippen LogP contribution is 2.28. The van der Waals surface area contributed by atoms with E-state index in [4.69, 9.17) is 14.2 Å². The third-order valence-corrected chi connectivity index (χ3v) is 4.01. The topological polar surface area (TPSA) is 73.9 Å². The first-order chi connectivity index (χ1) is 13.9. The molecule has 0 radical (unpaired) electrons. The normalized spacial score (nSPS) is 11.3. The lowest BCUT2D eigenvalue weighted by Gasteiger charge is -2.15. The van der Waals surface area contributed by atoms with Crippen molar-refractivity contribution >= 4 is 11.9 Å². The molecule has 0 aromatic heterocycles. The molecule has 6 nitrogen and oxygen atoms in total. The van der Waals surface area contributed by atoms with Crippen LogP contribution in [0.5, 0.6) is 11.5 Å². The van der Waals surface area contributed by atoms with Crippen LogP contribution in [0, 0.1) is 5.82 Å². The number of hydrogen-bond acceptors (Lipinski definition) is 5. The quantitative estimate of drug-likeness (QED) is 0.489. The van der Waals surface area contributed by atoms with Crippen molar-refractivity contribution in [1.29, 1.82) is 0 Å². The zero-order valence-electron chi connectivity index (χ0n) is 16.4. The summed E-state index contributed by atoms with van der Waals surface area (Å²) < 4.78 is 28.7. The standard InChI is InChI=1S/C22H24FNO5/c1-4-5-16-8-11-19(20(12-16)27-3)28-14-21(25)29-15(2)22(26)24-13-17-6-9-18(23)10-7-17/h4,6-12,15H,1,5,13-14H2,2-3H3,(H,24,26)/t15-/m1/s1. The zero-order chi connectivity index (χ0) is 21.2. The van der Waals surface area contributed by atoms with Crippen molar-refractivity contribution in [3.8, 4) is 11.5 Å². The molecule has 0 heterocycles. The first-order valence-electron chi connectivity index (χ1n) is 9.05. The maximum Gasteiger partial charge on any atom is 0.344 e. The van der Waals surface area contributed by atoms with Crippen LogP contribution in [0.3, 0.4) is 0 Å². The second kappa shape index (κ2) is 10.8. The maximum absolute atomic E-state index is 12.9. The van der Waals surface area contributed by atoms with Gasteiger partial charge in [-0.2, -0.15) is 0 Å². The highest BCUT2D eigenvalue weighted by molar-refractivity contribution is 5.83. The molecular formula is C22H24FNO5. The SMILES string of the molecule is C=CCc1ccc(OCC(=O)O[C@H](C)C(=O)NCc2ccc(F)cc2)c(OC)c1. The van der Waals surface area contributed by atoms with Crippen molar-refractivity contribution in [3.05, 3.63) is 72.1 Å². The third-order valence-electron chi connectivity index (χ3n) is 4.01. The van der Waals surface area contributed by atoms with E-state index in [0.29, 0.717) is 17.9 Å². The van der Waals surface area contributed by atoms with Crippen LogP contribution in [0.1, 0.15) is 18.1 Å². The second-order valence-electron chi connectivity index (χ2n) is 6.24. The minimum atomic E-state index is -0.997. The summed E-state index contributed by atoms with van der Waals surface area (Å²) >= 11 is 0. The Morgan fingerprint density at radius 2 is 1.83 bits per heavy atom. The van der Waals surface area contributed by atoms with Gasteiger partial charge in [-0.1, -0.05) is 24.3 Å². The molecule has 0 aliphatic carbocycles. The molecule has 0 bridgehead atoms. The van der Waals surface area contributed by atoms with Crippen molar-refractivity contribution < 1.29 is 28.2 Å². The Labute approximate surface area is 169 Å². The Kier molecular flexibility index (Phi) is 8.21. The van der Waals surface area contributed by atoms with Gasteiger partial charge in [0.25, 0.3) is 5.91 Å². The van der Waals surface area contributed by atoms with Gasteiger partial charge in [-0.3, -0.25) is 4.79 Å². The van der Waals surface area contributed by atoms with E-state index in [0.717, 1.165) is 11.1 Å². The lowest BCUT2D eigenvalue weighted by atomic mass is 10.1. The second-order valence-corrected chi connectivity index (χ2v) is 6.24. The molecule has 2 aromatic rings. The van der Waals surface area contributed by atoms with Gasteiger partial charge in [0.15, 0.2) is 24.2 Å². The predicted octanol–water partition coefficient (Wildman–Crippen LogP) is 3.19. The molecule has 0 aliphatic heterocycles. The van der Waals surface area contributed by atoms with Crippen LogP contribution in [0.2, 0.25) is 0 Å². The van der Waals surface area contributed by atoms with Gasteiger partial charge in [-0.15, -0.1) is 6.58 Å². The van der Waals surface area contributed by atoms with E-state index in [1.165, 1.54) is 26.2 Å². The Bertz CT molecular complexity index is 851. The van der Waals surface area contributed by atoms with Crippen molar-refractivity contribution in [2.75, 3.05) is 13.7 Å². The van der Waals surface area contributed by atoms with E-state index in [1.807, 2.05) is 6.07 Å². The van der Waals surface area contributed by atoms with Gasteiger partial charge in [0.05, 0.1) is 7.11 Å². The molecule has 0 saturated carbocycles. The monoisotopic (exact) mass is 401 g/mol. The molecule has 0 fully saturated rings. The lowest BCUT2D eigenvalue weighted by molar-refractivity contribution is -0.156. The number of methoxy groups -OCH3 is 1. The lowest BCUT2D eigenvalue weighted by Crippen LogP contribution is -2.36. The fraction of sp³-hybridized carbons (Fsp3) is 0.273. The predicted molar refractivity (Wildman–Crippen MR) is 106 cm³/mol. The molecule has 0 saturated heterocycles. The summed E-state index contributed by atoms with van der Waals surface area (Å²) in [6.45, 7) is 4.98. The minimum Gasteiger partial charge on any atom is -0.493 e. The number of ether oxygens (including phenoxy) is 3. The van der Waals surface area contributed by atoms with Crippen molar-refractivity contribution in [3.63, 3.8) is 0 Å². The van der Waals surface area contributed by atoms with Crippen LogP contribution in [-0.4, -0.2) is 31.7 Å². The van der Waals surface area contributed by atoms with E-state index < -0.39 is 18.0 Å². The van der Waals surface area contributed by atoms with E-state index in [-0.39, 0.29) is 19.0 Å². The number of nitrogens with one attached hydrogen (secondary N) is 1. The van der Waals surface area contributed by atoms with Crippen molar-refractivity contribution in [1.82, 2.24) is 5.32 Å². The van der Waals surface area contributed by atoms with Gasteiger partial charge in [0.1, 0.15) is 5.82 Å². The minimum absolute atomic E-state index is 0.200. The molecule has 29 heavy (non-hydrogen) atoms. The number of amides is 1. The van der Waals surface area contributed by atoms with Crippen LogP contribution in [0.4, 0.5) is 4.39 Å². The van der Waals surface area contributed by atoms with E-state index in [2.05, 4.69) is 11.9 Å². The van der Waals surface area contributed by atoms with E-state index >= 15 is 0 Å². The van der Waals surface area contributed by atoms with E-state index in [1.54, 1.807) is 30.3 Å². The molecule has 2 rings (SSSR count). The van der Waals surface area contributed by atoms with E-state index in [9.17, 15) is 14.0 Å². The summed E-state index contributed by atoms with van der Waals surface area (Å²) in [6.07, 6.45) is 1.46. The third kappa shape index (κ3) is 6.95. The van der Waals surface area contributed by atoms with Crippen LogP contribution in [0.15, 0.2) is 55.1 Å². The summed E-state index contributed by atoms with van der Waals surface area (Å²) in [6, 6.07) is 11.1. The van der Waals surface area contributed by atoms with Gasteiger partial charge < -0.3 is 19.5 Å². The number of carbonyl (C=O) groups is 2. The number of esters is 1. The van der Waals surface area contributed by atoms with Crippen molar-refractivity contribution in [2.45, 2.75) is 26.0 Å². The van der Waals surface area contributed by atoms with Gasteiger partial charge >= 0.3 is 5.97 Å². The molecule has 2 aromatic carbocycles. The largest absolute Gasteiger partial charge is 0.493 e. The molecule has 154 valence electrons. The van der Waals surface area contributed by atoms with Crippen LogP contribution in [-0.2, 0) is 27.3 Å². The average molecular weight is 401 g/mol. The van der Waals surface area contributed by atoms with Crippen LogP contribution >= 0.6 is 0 Å². The summed E-state index contributed by atoms with van der Waals surface area (Å²) in [4.78, 5) is 24.1. The molecule has 1 amide bonds. The fourth-order valence-electron chi connectivity index (χ4n) is 2.48. The smallest absolute Gasteiger partial charge is 0.344 e. The average Bonchev–Trinajstić information content (AvgIpc) is 2.72. The number of halogens is 1. The molecular weight excluding hydrogens is 377 g/mol. The highest BCUT2D eigenvalue weighted by atomic mass is 19.1. The van der Waals surface area contributed by atoms with Crippen LogP contribution < -0.4 is 14.8 Å². The molecule has 1 atom stereocenters. The molecule has 1 N–H and O–H groups in total.